The Bertz CT molecular complexity index is 1490. The molecule has 0 saturated heterocycles. The van der Waals surface area contributed by atoms with Crippen LogP contribution in [0.4, 0.5) is 5.69 Å². The summed E-state index contributed by atoms with van der Waals surface area (Å²) < 4.78 is 26.5. The number of hydrogen-bond acceptors (Lipinski definition) is 4. The molecule has 3 aromatic rings. The van der Waals surface area contributed by atoms with Crippen LogP contribution in [0.3, 0.4) is 0 Å². The monoisotopic (exact) mass is 671 g/mol. The topological polar surface area (TPSA) is 86.8 Å². The summed E-state index contributed by atoms with van der Waals surface area (Å²) in [6.07, 6.45) is 2.19. The molecule has 226 valence electrons. The minimum atomic E-state index is -3.74. The van der Waals surface area contributed by atoms with Crippen LogP contribution in [-0.2, 0) is 32.6 Å². The quantitative estimate of drug-likeness (QED) is 0.200. The van der Waals surface area contributed by atoms with Crippen LogP contribution in [-0.4, -0.2) is 50.5 Å². The van der Waals surface area contributed by atoms with Gasteiger partial charge in [0, 0.05) is 47.5 Å². The average Bonchev–Trinajstić information content (AvgIpc) is 2.94. The lowest BCUT2D eigenvalue weighted by atomic mass is 10.0. The summed E-state index contributed by atoms with van der Waals surface area (Å²) in [5.41, 5.74) is 1.73. The number of halogens is 4. The molecule has 0 aliphatic carbocycles. The normalized spacial score (nSPS) is 12.0. The minimum Gasteiger partial charge on any atom is -0.354 e. The van der Waals surface area contributed by atoms with E-state index in [9.17, 15) is 18.0 Å². The Kier molecular flexibility index (Phi) is 12.8. The number of carbonyl (C=O) groups excluding carboxylic acids is 2. The van der Waals surface area contributed by atoms with E-state index in [1.807, 2.05) is 37.3 Å². The number of hydrogen-bond donors (Lipinski definition) is 1. The summed E-state index contributed by atoms with van der Waals surface area (Å²) in [7, 11) is -3.74. The van der Waals surface area contributed by atoms with Crippen molar-refractivity contribution in [2.45, 2.75) is 45.2 Å². The first-order valence-electron chi connectivity index (χ1n) is 13.4. The van der Waals surface area contributed by atoms with Crippen molar-refractivity contribution in [1.29, 1.82) is 0 Å². The Morgan fingerprint density at radius 2 is 1.57 bits per heavy atom. The summed E-state index contributed by atoms with van der Waals surface area (Å²) in [6.45, 7) is 2.44. The molecule has 0 unspecified atom stereocenters. The standard InChI is InChI=1S/C30H33Cl4N3O4S/c1-3-15-35-30(39)28(17-21-8-5-4-6-9-21)36(20-22-11-12-23(31)18-26(22)34)29(38)10-7-16-37(42(2,40)41)27-19-24(32)13-14-25(27)33/h4-6,8-9,11-14,18-19,28H,3,7,10,15-17,20H2,1-2H3,(H,35,39)/t28-/m1/s1. The Labute approximate surface area is 267 Å². The average molecular weight is 673 g/mol. The van der Waals surface area contributed by atoms with Crippen LogP contribution < -0.4 is 9.62 Å². The van der Waals surface area contributed by atoms with Crippen molar-refractivity contribution in [3.8, 4) is 0 Å². The van der Waals surface area contributed by atoms with E-state index < -0.39 is 16.1 Å². The van der Waals surface area contributed by atoms with Crippen LogP contribution in [0.5, 0.6) is 0 Å². The Hall–Kier alpha value is -2.49. The molecule has 0 heterocycles. The van der Waals surface area contributed by atoms with Crippen LogP contribution >= 0.6 is 46.4 Å². The van der Waals surface area contributed by atoms with Gasteiger partial charge in [-0.2, -0.15) is 0 Å². The van der Waals surface area contributed by atoms with Gasteiger partial charge in [-0.05, 0) is 54.3 Å². The van der Waals surface area contributed by atoms with Gasteiger partial charge in [0.05, 0.1) is 17.0 Å². The summed E-state index contributed by atoms with van der Waals surface area (Å²) in [5, 5.41) is 4.28. The van der Waals surface area contributed by atoms with Gasteiger partial charge in [0.15, 0.2) is 0 Å². The molecule has 0 fully saturated rings. The third-order valence-electron chi connectivity index (χ3n) is 6.51. The highest BCUT2D eigenvalue weighted by atomic mass is 35.5. The molecule has 3 rings (SSSR count). The lowest BCUT2D eigenvalue weighted by molar-refractivity contribution is -0.141. The predicted molar refractivity (Wildman–Crippen MR) is 172 cm³/mol. The van der Waals surface area contributed by atoms with Crippen molar-refractivity contribution in [2.75, 3.05) is 23.7 Å². The zero-order valence-corrected chi connectivity index (χ0v) is 27.2. The Morgan fingerprint density at radius 1 is 0.905 bits per heavy atom. The molecule has 0 aromatic heterocycles. The van der Waals surface area contributed by atoms with Gasteiger partial charge in [-0.25, -0.2) is 8.42 Å². The lowest BCUT2D eigenvalue weighted by Crippen LogP contribution is -2.50. The summed E-state index contributed by atoms with van der Waals surface area (Å²) in [6, 6.07) is 18.1. The molecule has 2 amide bonds. The van der Waals surface area contributed by atoms with Gasteiger partial charge >= 0.3 is 0 Å². The van der Waals surface area contributed by atoms with Gasteiger partial charge in [-0.15, -0.1) is 0 Å². The van der Waals surface area contributed by atoms with E-state index in [0.29, 0.717) is 27.2 Å². The van der Waals surface area contributed by atoms with Gasteiger partial charge in [0.2, 0.25) is 21.8 Å². The van der Waals surface area contributed by atoms with E-state index in [1.165, 1.54) is 17.0 Å². The zero-order valence-electron chi connectivity index (χ0n) is 23.3. The second-order valence-corrected chi connectivity index (χ2v) is 13.4. The molecule has 0 aliphatic rings. The lowest BCUT2D eigenvalue weighted by Gasteiger charge is -2.32. The zero-order chi connectivity index (χ0) is 30.9. The van der Waals surface area contributed by atoms with E-state index in [0.717, 1.165) is 22.5 Å². The minimum absolute atomic E-state index is 0.0223. The molecule has 0 aliphatic heterocycles. The number of benzene rings is 3. The smallest absolute Gasteiger partial charge is 0.243 e. The maximum Gasteiger partial charge on any atom is 0.243 e. The molecule has 42 heavy (non-hydrogen) atoms. The fourth-order valence-electron chi connectivity index (χ4n) is 4.41. The number of anilines is 1. The predicted octanol–water partition coefficient (Wildman–Crippen LogP) is 7.01. The SMILES string of the molecule is CCCNC(=O)[C@@H](Cc1ccccc1)N(Cc1ccc(Cl)cc1Cl)C(=O)CCCN(c1cc(Cl)ccc1Cl)S(C)(=O)=O. The van der Waals surface area contributed by atoms with Gasteiger partial charge in [0.25, 0.3) is 0 Å². The van der Waals surface area contributed by atoms with Gasteiger partial charge in [-0.3, -0.25) is 13.9 Å². The molecule has 0 saturated carbocycles. The van der Waals surface area contributed by atoms with Crippen LogP contribution in [0.15, 0.2) is 66.7 Å². The van der Waals surface area contributed by atoms with E-state index in [1.54, 1.807) is 24.3 Å². The number of rotatable bonds is 14. The first-order valence-corrected chi connectivity index (χ1v) is 16.7. The van der Waals surface area contributed by atoms with Crippen molar-refractivity contribution < 1.29 is 18.0 Å². The second-order valence-electron chi connectivity index (χ2n) is 9.79. The van der Waals surface area contributed by atoms with Crippen molar-refractivity contribution in [1.82, 2.24) is 10.2 Å². The molecule has 7 nitrogen and oxygen atoms in total. The highest BCUT2D eigenvalue weighted by molar-refractivity contribution is 7.92. The number of nitrogens with one attached hydrogen (secondary N) is 1. The summed E-state index contributed by atoms with van der Waals surface area (Å²) >= 11 is 25.0. The molecular weight excluding hydrogens is 640 g/mol. The number of amides is 2. The second kappa shape index (κ2) is 15.8. The molecule has 1 atom stereocenters. The van der Waals surface area contributed by atoms with Gasteiger partial charge in [0.1, 0.15) is 6.04 Å². The van der Waals surface area contributed by atoms with E-state index in [-0.39, 0.29) is 54.9 Å². The number of nitrogens with zero attached hydrogens (tertiary/aromatic N) is 2. The first kappa shape index (κ1) is 34.0. The largest absolute Gasteiger partial charge is 0.354 e. The molecule has 0 bridgehead atoms. The highest BCUT2D eigenvalue weighted by Gasteiger charge is 2.31. The van der Waals surface area contributed by atoms with E-state index in [4.69, 9.17) is 46.4 Å². The Balaban J connectivity index is 1.92. The third kappa shape index (κ3) is 9.78. The maximum absolute atomic E-state index is 13.9. The van der Waals surface area contributed by atoms with Gasteiger partial charge in [-0.1, -0.05) is 89.7 Å². The molecular formula is C30H33Cl4N3O4S. The Morgan fingerprint density at radius 3 is 2.21 bits per heavy atom. The molecule has 0 radical (unpaired) electrons. The summed E-state index contributed by atoms with van der Waals surface area (Å²) in [4.78, 5) is 28.9. The fraction of sp³-hybridized carbons (Fsp3) is 0.333. The van der Waals surface area contributed by atoms with E-state index >= 15 is 0 Å². The maximum atomic E-state index is 13.9. The highest BCUT2D eigenvalue weighted by Crippen LogP contribution is 2.31. The van der Waals surface area contributed by atoms with Gasteiger partial charge < -0.3 is 10.2 Å². The third-order valence-corrected chi connectivity index (χ3v) is 8.83. The number of carbonyl (C=O) groups is 2. The van der Waals surface area contributed by atoms with Crippen LogP contribution in [0.2, 0.25) is 20.1 Å². The molecule has 1 N–H and O–H groups in total. The fourth-order valence-corrected chi connectivity index (χ4v) is 6.29. The first-order chi connectivity index (χ1) is 19.9. The van der Waals surface area contributed by atoms with Crippen molar-refractivity contribution in [3.05, 3.63) is 97.9 Å². The molecule has 12 heteroatoms. The van der Waals surface area contributed by atoms with Crippen LogP contribution in [0.25, 0.3) is 0 Å². The van der Waals surface area contributed by atoms with Crippen molar-refractivity contribution in [3.63, 3.8) is 0 Å². The number of sulfonamides is 1. The van der Waals surface area contributed by atoms with Crippen LogP contribution in [0.1, 0.15) is 37.3 Å². The molecule has 3 aromatic carbocycles. The van der Waals surface area contributed by atoms with E-state index in [2.05, 4.69) is 5.32 Å². The van der Waals surface area contributed by atoms with Crippen molar-refractivity contribution in [2.24, 2.45) is 0 Å². The van der Waals surface area contributed by atoms with Crippen molar-refractivity contribution >= 4 is 73.9 Å². The summed E-state index contributed by atoms with van der Waals surface area (Å²) in [5.74, 6) is -0.623. The molecule has 0 spiro atoms. The van der Waals surface area contributed by atoms with Crippen LogP contribution in [0, 0.1) is 0 Å².